The molecule has 15 heavy (non-hydrogen) atoms. The highest BCUT2D eigenvalue weighted by molar-refractivity contribution is 5.90. The summed E-state index contributed by atoms with van der Waals surface area (Å²) in [7, 11) is 0. The third-order valence-electron chi connectivity index (χ3n) is 2.76. The summed E-state index contributed by atoms with van der Waals surface area (Å²) in [5.74, 6) is 0.0800. The molecule has 1 aromatic carbocycles. The molecule has 1 aliphatic heterocycles. The first-order chi connectivity index (χ1) is 7.14. The van der Waals surface area contributed by atoms with Crippen LogP contribution in [0.5, 0.6) is 0 Å². The fourth-order valence-electron chi connectivity index (χ4n) is 1.56. The lowest BCUT2D eigenvalue weighted by Crippen LogP contribution is -2.48. The Morgan fingerprint density at radius 3 is 2.67 bits per heavy atom. The van der Waals surface area contributed by atoms with Gasteiger partial charge in [0.2, 0.25) is 0 Å². The van der Waals surface area contributed by atoms with Crippen LogP contribution in [0.1, 0.15) is 13.8 Å². The predicted molar refractivity (Wildman–Crippen MR) is 57.7 cm³/mol. The molecule has 0 aromatic heterocycles. The number of hydrogen-bond donors (Lipinski definition) is 0. The summed E-state index contributed by atoms with van der Waals surface area (Å²) in [6.07, 6.45) is 0. The van der Waals surface area contributed by atoms with Gasteiger partial charge in [0.1, 0.15) is 5.54 Å². The number of carbonyl (C=O) groups is 1. The third kappa shape index (κ3) is 1.52. The molecule has 0 spiro atoms. The number of rotatable bonds is 2. The maximum atomic E-state index is 11.6. The molecule has 0 fully saturated rings. The fourth-order valence-corrected chi connectivity index (χ4v) is 1.56. The number of nitrogens with zero attached hydrogens (tertiary/aromatic N) is 3. The van der Waals surface area contributed by atoms with Crippen LogP contribution in [0.25, 0.3) is 0 Å². The van der Waals surface area contributed by atoms with Gasteiger partial charge >= 0.3 is 0 Å². The summed E-state index contributed by atoms with van der Waals surface area (Å²) in [5.41, 5.74) is 0.276. The van der Waals surface area contributed by atoms with Crippen LogP contribution in [0.2, 0.25) is 0 Å². The third-order valence-corrected chi connectivity index (χ3v) is 2.76. The zero-order valence-corrected chi connectivity index (χ0v) is 8.84. The van der Waals surface area contributed by atoms with Gasteiger partial charge in [-0.25, -0.2) is 5.01 Å². The lowest BCUT2D eigenvalue weighted by atomic mass is 9.97. The molecule has 1 aliphatic rings. The second kappa shape index (κ2) is 3.46. The van der Waals surface area contributed by atoms with E-state index in [2.05, 4.69) is 10.3 Å². The van der Waals surface area contributed by atoms with E-state index in [1.165, 1.54) is 0 Å². The van der Waals surface area contributed by atoms with E-state index in [4.69, 9.17) is 0 Å². The Balaban J connectivity index is 2.37. The van der Waals surface area contributed by atoms with E-state index in [0.717, 1.165) is 5.69 Å². The van der Waals surface area contributed by atoms with Gasteiger partial charge in [-0.05, 0) is 26.0 Å². The molecule has 1 aromatic rings. The standard InChI is InChI=1S/C11H13N3O/c1-9(15)11(2)8-12-13-14(11)10-6-4-3-5-7-10/h3-7H,8H2,1-2H3. The molecule has 4 heteroatoms. The Kier molecular flexibility index (Phi) is 2.26. The molecule has 2 rings (SSSR count). The van der Waals surface area contributed by atoms with Crippen LogP contribution >= 0.6 is 0 Å². The van der Waals surface area contributed by atoms with E-state index in [1.807, 2.05) is 37.3 Å². The first kappa shape index (κ1) is 9.83. The number of carbonyl (C=O) groups excluding carboxylic acids is 1. The molecular formula is C11H13N3O. The Bertz CT molecular complexity index is 402. The number of anilines is 1. The van der Waals surface area contributed by atoms with Gasteiger partial charge in [0.15, 0.2) is 5.78 Å². The minimum atomic E-state index is -0.624. The van der Waals surface area contributed by atoms with Crippen molar-refractivity contribution in [1.82, 2.24) is 0 Å². The normalized spacial score (nSPS) is 24.5. The Morgan fingerprint density at radius 2 is 2.07 bits per heavy atom. The molecule has 4 nitrogen and oxygen atoms in total. The van der Waals surface area contributed by atoms with Crippen molar-refractivity contribution in [1.29, 1.82) is 0 Å². The molecule has 0 saturated heterocycles. The monoisotopic (exact) mass is 203 g/mol. The zero-order chi connectivity index (χ0) is 10.9. The number of para-hydroxylation sites is 1. The van der Waals surface area contributed by atoms with Gasteiger partial charge in [0.25, 0.3) is 0 Å². The molecule has 1 atom stereocenters. The zero-order valence-electron chi connectivity index (χ0n) is 8.84. The van der Waals surface area contributed by atoms with E-state index >= 15 is 0 Å². The summed E-state index contributed by atoms with van der Waals surface area (Å²) in [6.45, 7) is 3.87. The van der Waals surface area contributed by atoms with Gasteiger partial charge in [-0.15, -0.1) is 0 Å². The van der Waals surface area contributed by atoms with Gasteiger partial charge in [-0.1, -0.05) is 23.4 Å². The summed E-state index contributed by atoms with van der Waals surface area (Å²) in [6, 6.07) is 9.62. The highest BCUT2D eigenvalue weighted by Crippen LogP contribution is 2.29. The van der Waals surface area contributed by atoms with Crippen molar-refractivity contribution >= 4 is 11.5 Å². The van der Waals surface area contributed by atoms with Crippen molar-refractivity contribution in [2.45, 2.75) is 19.4 Å². The largest absolute Gasteiger partial charge is 0.297 e. The van der Waals surface area contributed by atoms with Gasteiger partial charge in [0.05, 0.1) is 12.2 Å². The number of ketones is 1. The molecule has 78 valence electrons. The van der Waals surface area contributed by atoms with Crippen molar-refractivity contribution in [3.8, 4) is 0 Å². The highest BCUT2D eigenvalue weighted by Gasteiger charge is 2.41. The topological polar surface area (TPSA) is 45.0 Å². The van der Waals surface area contributed by atoms with Crippen LogP contribution in [-0.4, -0.2) is 17.9 Å². The molecule has 0 radical (unpaired) electrons. The molecule has 0 amide bonds. The molecule has 0 bridgehead atoms. The quantitative estimate of drug-likeness (QED) is 0.739. The second-order valence-electron chi connectivity index (χ2n) is 3.87. The first-order valence-electron chi connectivity index (χ1n) is 4.88. The molecule has 1 heterocycles. The van der Waals surface area contributed by atoms with E-state index in [9.17, 15) is 4.79 Å². The van der Waals surface area contributed by atoms with Gasteiger partial charge < -0.3 is 0 Å². The first-order valence-corrected chi connectivity index (χ1v) is 4.88. The average molecular weight is 203 g/mol. The van der Waals surface area contributed by atoms with Crippen LogP contribution in [0, 0.1) is 0 Å². The maximum absolute atomic E-state index is 11.6. The molecule has 0 aliphatic carbocycles. The lowest BCUT2D eigenvalue weighted by molar-refractivity contribution is -0.120. The Labute approximate surface area is 88.6 Å². The van der Waals surface area contributed by atoms with E-state index in [0.29, 0.717) is 6.54 Å². The molecular weight excluding hydrogens is 190 g/mol. The summed E-state index contributed by atoms with van der Waals surface area (Å²) < 4.78 is 0. The second-order valence-corrected chi connectivity index (χ2v) is 3.87. The van der Waals surface area contributed by atoms with E-state index < -0.39 is 5.54 Å². The average Bonchev–Trinajstić information content (AvgIpc) is 2.63. The van der Waals surface area contributed by atoms with E-state index in [1.54, 1.807) is 11.9 Å². The number of hydrogen-bond acceptors (Lipinski definition) is 4. The van der Waals surface area contributed by atoms with Crippen LogP contribution < -0.4 is 5.01 Å². The predicted octanol–water partition coefficient (Wildman–Crippen LogP) is 2.22. The van der Waals surface area contributed by atoms with Crippen molar-refractivity contribution in [3.63, 3.8) is 0 Å². The minimum Gasteiger partial charge on any atom is -0.297 e. The Morgan fingerprint density at radius 1 is 1.40 bits per heavy atom. The number of Topliss-reactive ketones (excluding diaryl/α,β-unsaturated/α-hetero) is 1. The van der Waals surface area contributed by atoms with Crippen LogP contribution in [0.3, 0.4) is 0 Å². The highest BCUT2D eigenvalue weighted by atomic mass is 16.1. The van der Waals surface area contributed by atoms with Gasteiger partial charge in [0, 0.05) is 0 Å². The number of benzene rings is 1. The van der Waals surface area contributed by atoms with Gasteiger partial charge in [-0.3, -0.25) is 4.79 Å². The fraction of sp³-hybridized carbons (Fsp3) is 0.364. The van der Waals surface area contributed by atoms with E-state index in [-0.39, 0.29) is 5.78 Å². The molecule has 1 unspecified atom stereocenters. The summed E-state index contributed by atoms with van der Waals surface area (Å²) >= 11 is 0. The SMILES string of the molecule is CC(=O)C1(C)CN=NN1c1ccccc1. The van der Waals surface area contributed by atoms with Crippen molar-refractivity contribution in [3.05, 3.63) is 30.3 Å². The summed E-state index contributed by atoms with van der Waals surface area (Å²) in [5, 5.41) is 9.65. The van der Waals surface area contributed by atoms with Crippen molar-refractivity contribution in [2.75, 3.05) is 11.6 Å². The lowest BCUT2D eigenvalue weighted by Gasteiger charge is -2.29. The Hall–Kier alpha value is -1.71. The van der Waals surface area contributed by atoms with Crippen LogP contribution in [0.4, 0.5) is 5.69 Å². The smallest absolute Gasteiger partial charge is 0.159 e. The minimum absolute atomic E-state index is 0.0800. The maximum Gasteiger partial charge on any atom is 0.159 e. The van der Waals surface area contributed by atoms with Crippen LogP contribution in [-0.2, 0) is 4.79 Å². The molecule has 0 N–H and O–H groups in total. The van der Waals surface area contributed by atoms with Crippen LogP contribution in [0.15, 0.2) is 40.7 Å². The van der Waals surface area contributed by atoms with Gasteiger partial charge in [-0.2, -0.15) is 5.11 Å². The summed E-state index contributed by atoms with van der Waals surface area (Å²) in [4.78, 5) is 11.6. The molecule has 0 saturated carbocycles. The van der Waals surface area contributed by atoms with Crippen molar-refractivity contribution in [2.24, 2.45) is 10.3 Å². The van der Waals surface area contributed by atoms with Crippen molar-refractivity contribution < 1.29 is 4.79 Å².